The summed E-state index contributed by atoms with van der Waals surface area (Å²) in [6.45, 7) is 3.66. The number of benzene rings is 2. The Bertz CT molecular complexity index is 889. The molecule has 1 fully saturated rings. The number of hydrogen-bond donors (Lipinski definition) is 3. The third kappa shape index (κ3) is 5.20. The molecule has 2 aromatic rings. The minimum Gasteiger partial charge on any atom is -0.488 e. The molecule has 2 aliphatic heterocycles. The van der Waals surface area contributed by atoms with E-state index in [1.54, 1.807) is 6.08 Å². The van der Waals surface area contributed by atoms with Crippen LogP contribution in [-0.4, -0.2) is 38.6 Å². The number of nitrogens with one attached hydrogen (secondary N) is 2. The fourth-order valence-electron chi connectivity index (χ4n) is 3.89. The summed E-state index contributed by atoms with van der Waals surface area (Å²) in [7, 11) is 0. The van der Waals surface area contributed by atoms with Gasteiger partial charge in [-0.2, -0.15) is 0 Å². The van der Waals surface area contributed by atoms with E-state index in [0.29, 0.717) is 11.6 Å². The molecule has 4 rings (SSSR count). The van der Waals surface area contributed by atoms with Gasteiger partial charge < -0.3 is 30.7 Å². The quantitative estimate of drug-likeness (QED) is 0.580. The maximum atomic E-state index is 7.11. The van der Waals surface area contributed by atoms with Gasteiger partial charge in [0.05, 0.1) is 0 Å². The molecule has 0 amide bonds. The third-order valence-electron chi connectivity index (χ3n) is 5.61. The standard InChI is InChI=1S/C24H29N3O3/c25-10-7-23(26)18-1-4-20(5-2-18)29-21-6-3-19-13-22(30-24(19)14-21)16-27-15-17-8-11-28-12-9-17/h1-7,10,14,17,22,25,27H,8-9,11-13,15-16,26H2/b23-7-,25-10?. The molecule has 0 aromatic heterocycles. The monoisotopic (exact) mass is 407 g/mol. The van der Waals surface area contributed by atoms with Gasteiger partial charge in [-0.25, -0.2) is 0 Å². The molecule has 0 bridgehead atoms. The highest BCUT2D eigenvalue weighted by Gasteiger charge is 2.23. The molecular weight excluding hydrogens is 378 g/mol. The van der Waals surface area contributed by atoms with E-state index in [1.165, 1.54) is 11.8 Å². The molecule has 4 N–H and O–H groups in total. The molecule has 1 atom stereocenters. The average Bonchev–Trinajstić information content (AvgIpc) is 3.17. The maximum absolute atomic E-state index is 7.11. The summed E-state index contributed by atoms with van der Waals surface area (Å²) in [6, 6.07) is 13.5. The molecule has 158 valence electrons. The Balaban J connectivity index is 1.29. The van der Waals surface area contributed by atoms with E-state index in [1.807, 2.05) is 36.4 Å². The first-order chi connectivity index (χ1) is 14.7. The van der Waals surface area contributed by atoms with Crippen LogP contribution in [0, 0.1) is 11.3 Å². The van der Waals surface area contributed by atoms with E-state index >= 15 is 0 Å². The maximum Gasteiger partial charge on any atom is 0.131 e. The van der Waals surface area contributed by atoms with Crippen molar-refractivity contribution in [2.45, 2.75) is 25.4 Å². The Labute approximate surface area is 177 Å². The Morgan fingerprint density at radius 2 is 1.87 bits per heavy atom. The van der Waals surface area contributed by atoms with Gasteiger partial charge in [0.25, 0.3) is 0 Å². The van der Waals surface area contributed by atoms with Crippen LogP contribution in [0.4, 0.5) is 0 Å². The summed E-state index contributed by atoms with van der Waals surface area (Å²) in [4.78, 5) is 0. The molecule has 6 nitrogen and oxygen atoms in total. The number of ether oxygens (including phenoxy) is 3. The van der Waals surface area contributed by atoms with Gasteiger partial charge in [-0.3, -0.25) is 0 Å². The van der Waals surface area contributed by atoms with Crippen molar-refractivity contribution in [2.24, 2.45) is 11.7 Å². The molecule has 0 spiro atoms. The summed E-state index contributed by atoms with van der Waals surface area (Å²) >= 11 is 0. The minimum atomic E-state index is 0.165. The first kappa shape index (κ1) is 20.4. The van der Waals surface area contributed by atoms with Crippen LogP contribution >= 0.6 is 0 Å². The second-order valence-electron chi connectivity index (χ2n) is 7.84. The Kier molecular flexibility index (Phi) is 6.67. The van der Waals surface area contributed by atoms with E-state index in [0.717, 1.165) is 68.4 Å². The largest absolute Gasteiger partial charge is 0.488 e. The van der Waals surface area contributed by atoms with Crippen LogP contribution in [0.25, 0.3) is 5.70 Å². The molecule has 2 aromatic carbocycles. The number of rotatable bonds is 8. The lowest BCUT2D eigenvalue weighted by Crippen LogP contribution is -2.35. The van der Waals surface area contributed by atoms with Crippen LogP contribution in [0.2, 0.25) is 0 Å². The van der Waals surface area contributed by atoms with Crippen LogP contribution in [0.1, 0.15) is 24.0 Å². The highest BCUT2D eigenvalue weighted by atomic mass is 16.5. The van der Waals surface area contributed by atoms with Gasteiger partial charge in [0.15, 0.2) is 0 Å². The topological polar surface area (TPSA) is 89.6 Å². The second kappa shape index (κ2) is 9.78. The minimum absolute atomic E-state index is 0.165. The van der Waals surface area contributed by atoms with E-state index in [9.17, 15) is 0 Å². The highest BCUT2D eigenvalue weighted by Crippen LogP contribution is 2.34. The SMILES string of the molecule is N=C/C=C(\N)c1ccc(Oc2ccc3c(c2)OC(CNCC2CCOCC2)C3)cc1. The molecule has 1 saturated heterocycles. The van der Waals surface area contributed by atoms with Crippen LogP contribution in [-0.2, 0) is 11.2 Å². The first-order valence-electron chi connectivity index (χ1n) is 10.5. The fourth-order valence-corrected chi connectivity index (χ4v) is 3.89. The molecule has 0 aliphatic carbocycles. The van der Waals surface area contributed by atoms with Gasteiger partial charge in [-0.15, -0.1) is 0 Å². The number of nitrogens with two attached hydrogens (primary N) is 1. The number of fused-ring (bicyclic) bond motifs is 1. The van der Waals surface area contributed by atoms with E-state index in [-0.39, 0.29) is 6.10 Å². The van der Waals surface area contributed by atoms with Crippen molar-refractivity contribution in [3.8, 4) is 17.2 Å². The van der Waals surface area contributed by atoms with Crippen molar-refractivity contribution >= 4 is 11.9 Å². The zero-order valence-corrected chi connectivity index (χ0v) is 17.1. The van der Waals surface area contributed by atoms with Crippen molar-refractivity contribution < 1.29 is 14.2 Å². The molecule has 2 aliphatic rings. The smallest absolute Gasteiger partial charge is 0.131 e. The Hall–Kier alpha value is -2.83. The van der Waals surface area contributed by atoms with E-state index in [4.69, 9.17) is 25.4 Å². The summed E-state index contributed by atoms with van der Waals surface area (Å²) in [5, 5.41) is 10.7. The van der Waals surface area contributed by atoms with Crippen molar-refractivity contribution in [2.75, 3.05) is 26.3 Å². The van der Waals surface area contributed by atoms with E-state index < -0.39 is 0 Å². The van der Waals surface area contributed by atoms with Crippen molar-refractivity contribution in [3.05, 3.63) is 59.7 Å². The molecule has 30 heavy (non-hydrogen) atoms. The van der Waals surface area contributed by atoms with Gasteiger partial charge in [-0.05, 0) is 72.8 Å². The zero-order valence-electron chi connectivity index (χ0n) is 17.1. The lowest BCUT2D eigenvalue weighted by Gasteiger charge is -2.23. The van der Waals surface area contributed by atoms with Crippen LogP contribution in [0.3, 0.4) is 0 Å². The Morgan fingerprint density at radius 3 is 2.63 bits per heavy atom. The van der Waals surface area contributed by atoms with Crippen molar-refractivity contribution in [1.82, 2.24) is 5.32 Å². The summed E-state index contributed by atoms with van der Waals surface area (Å²) in [5.41, 5.74) is 8.54. The lowest BCUT2D eigenvalue weighted by molar-refractivity contribution is 0.0655. The summed E-state index contributed by atoms with van der Waals surface area (Å²) < 4.78 is 17.5. The van der Waals surface area contributed by atoms with Gasteiger partial charge in [0.2, 0.25) is 0 Å². The molecule has 2 heterocycles. The summed E-state index contributed by atoms with van der Waals surface area (Å²) in [5.74, 6) is 3.10. The van der Waals surface area contributed by atoms with Crippen molar-refractivity contribution in [3.63, 3.8) is 0 Å². The van der Waals surface area contributed by atoms with Crippen molar-refractivity contribution in [1.29, 1.82) is 5.41 Å². The van der Waals surface area contributed by atoms with E-state index in [2.05, 4.69) is 11.4 Å². The summed E-state index contributed by atoms with van der Waals surface area (Å²) in [6.07, 6.45) is 6.11. The number of hydrogen-bond acceptors (Lipinski definition) is 6. The third-order valence-corrected chi connectivity index (χ3v) is 5.61. The lowest BCUT2D eigenvalue weighted by atomic mass is 10.0. The average molecular weight is 408 g/mol. The zero-order chi connectivity index (χ0) is 20.8. The molecule has 1 unspecified atom stereocenters. The van der Waals surface area contributed by atoms with Gasteiger partial charge in [0.1, 0.15) is 23.4 Å². The molecule has 0 radical (unpaired) electrons. The van der Waals surface area contributed by atoms with Crippen LogP contribution in [0.15, 0.2) is 48.5 Å². The first-order valence-corrected chi connectivity index (χ1v) is 10.5. The Morgan fingerprint density at radius 1 is 1.10 bits per heavy atom. The normalized spacial score (nSPS) is 19.2. The second-order valence-corrected chi connectivity index (χ2v) is 7.84. The van der Waals surface area contributed by atoms with Gasteiger partial charge in [0, 0.05) is 44.2 Å². The molecule has 0 saturated carbocycles. The van der Waals surface area contributed by atoms with Crippen LogP contribution < -0.4 is 20.5 Å². The molecular formula is C24H29N3O3. The predicted molar refractivity (Wildman–Crippen MR) is 118 cm³/mol. The highest BCUT2D eigenvalue weighted by molar-refractivity contribution is 5.81. The van der Waals surface area contributed by atoms with Gasteiger partial charge in [-0.1, -0.05) is 6.07 Å². The number of allylic oxidation sites excluding steroid dienone is 1. The molecule has 6 heteroatoms. The van der Waals surface area contributed by atoms with Crippen LogP contribution in [0.5, 0.6) is 17.2 Å². The van der Waals surface area contributed by atoms with Gasteiger partial charge >= 0.3 is 0 Å². The predicted octanol–water partition coefficient (Wildman–Crippen LogP) is 3.75. The fraction of sp³-hybridized carbons (Fsp3) is 0.375.